The van der Waals surface area contributed by atoms with Crippen LogP contribution in [0.2, 0.25) is 10.0 Å². The van der Waals surface area contributed by atoms with Gasteiger partial charge >= 0.3 is 11.5 Å². The molecule has 2 aromatic heterocycles. The zero-order valence-electron chi connectivity index (χ0n) is 25.5. The zero-order chi connectivity index (χ0) is 34.2. The van der Waals surface area contributed by atoms with Crippen LogP contribution < -0.4 is 10.2 Å². The Morgan fingerprint density at radius 2 is 1.23 bits per heavy atom. The second kappa shape index (κ2) is 13.3. The lowest BCUT2D eigenvalue weighted by atomic mass is 9.69. The summed E-state index contributed by atoms with van der Waals surface area (Å²) >= 11 is 12.7. The van der Waals surface area contributed by atoms with E-state index in [0.29, 0.717) is 43.7 Å². The highest BCUT2D eigenvalue weighted by molar-refractivity contribution is 8.00. The molecule has 1 saturated heterocycles. The highest BCUT2D eigenvalue weighted by atomic mass is 35.5. The first kappa shape index (κ1) is 33.5. The number of nitrogens with zero attached hydrogens (tertiary/aromatic N) is 3. The Balaban J connectivity index is 1.46. The molecule has 6 nitrogen and oxygen atoms in total. The van der Waals surface area contributed by atoms with Crippen molar-refractivity contribution >= 4 is 52.6 Å². The maximum Gasteiger partial charge on any atom is 0.446 e. The van der Waals surface area contributed by atoms with Crippen LogP contribution in [0.25, 0.3) is 22.5 Å². The highest BCUT2D eigenvalue weighted by Crippen LogP contribution is 2.46. The van der Waals surface area contributed by atoms with Gasteiger partial charge in [-0.05, 0) is 83.6 Å². The number of nitrogens with one attached hydrogen (secondary N) is 1. The fourth-order valence-corrected chi connectivity index (χ4v) is 7.15. The first-order chi connectivity index (χ1) is 22.9. The van der Waals surface area contributed by atoms with Crippen LogP contribution in [-0.2, 0) is 4.79 Å². The van der Waals surface area contributed by atoms with E-state index in [-0.39, 0.29) is 22.3 Å². The van der Waals surface area contributed by atoms with Crippen LogP contribution >= 0.6 is 35.0 Å². The molecular formula is C36H27Cl2F3N4O2S. The Hall–Kier alpha value is -4.38. The summed E-state index contributed by atoms with van der Waals surface area (Å²) in [6, 6.07) is 26.2. The Kier molecular flexibility index (Phi) is 9.26. The van der Waals surface area contributed by atoms with Crippen LogP contribution in [0.15, 0.2) is 114 Å². The largest absolute Gasteiger partial charge is 0.446 e. The van der Waals surface area contributed by atoms with Crippen molar-refractivity contribution in [2.24, 2.45) is 0 Å². The predicted molar refractivity (Wildman–Crippen MR) is 183 cm³/mol. The molecule has 1 aliphatic heterocycles. The molecule has 12 heteroatoms. The normalized spacial score (nSPS) is 17.7. The van der Waals surface area contributed by atoms with Crippen LogP contribution in [0.1, 0.15) is 36.8 Å². The van der Waals surface area contributed by atoms with Gasteiger partial charge in [0.25, 0.3) is 5.91 Å². The summed E-state index contributed by atoms with van der Waals surface area (Å²) < 4.78 is 39.0. The summed E-state index contributed by atoms with van der Waals surface area (Å²) in [5.41, 5.74) is -1.89. The number of rotatable bonds is 8. The molecule has 0 radical (unpaired) electrons. The first-order valence-electron chi connectivity index (χ1n) is 14.8. The number of alkyl halides is 3. The molecule has 1 N–H and O–H groups in total. The average molecular weight is 708 g/mol. The Bertz CT molecular complexity index is 1910. The fraction of sp³-hybridized carbons (Fsp3) is 0.167. The summed E-state index contributed by atoms with van der Waals surface area (Å²) in [6.45, 7) is 3.70. The molecule has 1 aliphatic rings. The van der Waals surface area contributed by atoms with E-state index in [9.17, 15) is 22.8 Å². The second-order valence-electron chi connectivity index (χ2n) is 11.3. The molecule has 1 fully saturated rings. The maximum atomic E-state index is 14.8. The number of urea groups is 1. The number of hydrogen-bond acceptors (Lipinski definition) is 5. The molecule has 48 heavy (non-hydrogen) atoms. The van der Waals surface area contributed by atoms with Crippen LogP contribution in [0.5, 0.6) is 0 Å². The number of aromatic nitrogens is 2. The molecule has 0 spiro atoms. The predicted octanol–water partition coefficient (Wildman–Crippen LogP) is 10.1. The average Bonchev–Trinajstić information content (AvgIpc) is 3.34. The van der Waals surface area contributed by atoms with Gasteiger partial charge in [0, 0.05) is 50.3 Å². The molecule has 0 aliphatic carbocycles. The van der Waals surface area contributed by atoms with E-state index in [4.69, 9.17) is 23.2 Å². The first-order valence-corrected chi connectivity index (χ1v) is 16.4. The molecule has 3 heterocycles. The molecule has 3 aromatic carbocycles. The van der Waals surface area contributed by atoms with Crippen LogP contribution in [0, 0.1) is 0 Å². The minimum absolute atomic E-state index is 0.0703. The second-order valence-corrected chi connectivity index (χ2v) is 13.3. The van der Waals surface area contributed by atoms with Crippen molar-refractivity contribution in [1.82, 2.24) is 15.3 Å². The molecular weight excluding hydrogens is 680 g/mol. The minimum Gasteiger partial charge on any atom is -0.322 e. The van der Waals surface area contributed by atoms with Gasteiger partial charge < -0.3 is 5.32 Å². The van der Waals surface area contributed by atoms with Crippen molar-refractivity contribution in [2.75, 3.05) is 4.90 Å². The van der Waals surface area contributed by atoms with E-state index in [1.54, 1.807) is 36.7 Å². The van der Waals surface area contributed by atoms with E-state index in [0.717, 1.165) is 4.90 Å². The third kappa shape index (κ3) is 6.40. The summed E-state index contributed by atoms with van der Waals surface area (Å²) in [5, 5.41) is 4.03. The number of hydrogen-bond donors (Lipinski definition) is 1. The zero-order valence-corrected chi connectivity index (χ0v) is 27.8. The van der Waals surface area contributed by atoms with Crippen LogP contribution in [-0.4, -0.2) is 33.0 Å². The van der Waals surface area contributed by atoms with Gasteiger partial charge in [0.05, 0.1) is 17.1 Å². The molecule has 3 amide bonds. The summed E-state index contributed by atoms with van der Waals surface area (Å²) in [7, 11) is 0. The molecule has 0 bridgehead atoms. The van der Waals surface area contributed by atoms with Crippen molar-refractivity contribution in [3.8, 4) is 22.5 Å². The van der Waals surface area contributed by atoms with Gasteiger partial charge in [0.1, 0.15) is 5.54 Å². The number of carbonyl (C=O) groups excluding carboxylic acids is 2. The molecule has 6 rings (SSSR count). The fourth-order valence-electron chi connectivity index (χ4n) is 6.15. The smallest absolute Gasteiger partial charge is 0.322 e. The summed E-state index contributed by atoms with van der Waals surface area (Å²) in [6.07, 6.45) is 3.25. The minimum atomic E-state index is -4.48. The Labute approximate surface area is 289 Å². The lowest BCUT2D eigenvalue weighted by molar-refractivity contribution is -0.123. The third-order valence-corrected chi connectivity index (χ3v) is 10.0. The van der Waals surface area contributed by atoms with Crippen LogP contribution in [0.3, 0.4) is 0 Å². The maximum absolute atomic E-state index is 14.8. The molecule has 2 unspecified atom stereocenters. The number of imide groups is 1. The van der Waals surface area contributed by atoms with Gasteiger partial charge in [0.15, 0.2) is 0 Å². The molecule has 0 saturated carbocycles. The Morgan fingerprint density at radius 3 is 1.69 bits per heavy atom. The van der Waals surface area contributed by atoms with Gasteiger partial charge in [-0.1, -0.05) is 73.4 Å². The lowest BCUT2D eigenvalue weighted by Gasteiger charge is -2.39. The van der Waals surface area contributed by atoms with Crippen molar-refractivity contribution in [2.45, 2.75) is 41.6 Å². The van der Waals surface area contributed by atoms with Gasteiger partial charge in [-0.3, -0.25) is 14.8 Å². The third-order valence-electron chi connectivity index (χ3n) is 8.64. The lowest BCUT2D eigenvalue weighted by Crippen LogP contribution is -2.55. The van der Waals surface area contributed by atoms with Gasteiger partial charge in [-0.2, -0.15) is 13.2 Å². The van der Waals surface area contributed by atoms with Gasteiger partial charge in [0.2, 0.25) is 0 Å². The molecule has 2 atom stereocenters. The van der Waals surface area contributed by atoms with E-state index in [2.05, 4.69) is 15.3 Å². The number of thioether (sulfide) groups is 1. The standard InChI is InChI=1S/C36H27Cl2F3N4O2S/c1-21(23-15-17-42-31(19-23)27-7-3-5-9-29(27)37)35(22(2)24-16-18-43-32(20-24)28-8-4-6-10-30(28)38)33(46)45(34(47)44-35)25-11-13-26(14-12-25)48-36(39,40)41/h3-22H,1-2H3,(H,44,47). The van der Waals surface area contributed by atoms with E-state index in [1.165, 1.54) is 24.3 Å². The summed E-state index contributed by atoms with van der Waals surface area (Å²) in [4.78, 5) is 38.5. The SMILES string of the molecule is CC(c1ccnc(-c2ccccc2Cl)c1)C1(C(C)c2ccnc(-c3ccccc3Cl)c2)NC(=O)N(c2ccc(SC(F)(F)F)cc2)C1=O. The van der Waals surface area contributed by atoms with Gasteiger partial charge in [-0.25, -0.2) is 9.69 Å². The van der Waals surface area contributed by atoms with Crippen molar-refractivity contribution in [3.63, 3.8) is 0 Å². The van der Waals surface area contributed by atoms with E-state index in [1.807, 2.05) is 62.4 Å². The van der Waals surface area contributed by atoms with Crippen molar-refractivity contribution < 1.29 is 22.8 Å². The number of amides is 3. The number of pyridine rings is 2. The monoisotopic (exact) mass is 706 g/mol. The number of halogens is 5. The van der Waals surface area contributed by atoms with Crippen molar-refractivity contribution in [3.05, 3.63) is 131 Å². The number of carbonyl (C=O) groups is 2. The van der Waals surface area contributed by atoms with E-state index < -0.39 is 34.8 Å². The van der Waals surface area contributed by atoms with Gasteiger partial charge in [-0.15, -0.1) is 0 Å². The van der Waals surface area contributed by atoms with Crippen LogP contribution in [0.4, 0.5) is 23.7 Å². The van der Waals surface area contributed by atoms with Crippen molar-refractivity contribution in [1.29, 1.82) is 0 Å². The quantitative estimate of drug-likeness (QED) is 0.128. The molecule has 244 valence electrons. The van der Waals surface area contributed by atoms with E-state index >= 15 is 0 Å². The highest BCUT2D eigenvalue weighted by Gasteiger charge is 2.58. The topological polar surface area (TPSA) is 75.2 Å². The number of benzene rings is 3. The summed E-state index contributed by atoms with van der Waals surface area (Å²) in [5.74, 6) is -1.82. The number of anilines is 1. The Morgan fingerprint density at radius 1 is 0.750 bits per heavy atom. The molecule has 5 aromatic rings.